The highest BCUT2D eigenvalue weighted by atomic mass is 32.2. The summed E-state index contributed by atoms with van der Waals surface area (Å²) in [6.45, 7) is -0.267. The van der Waals surface area contributed by atoms with Gasteiger partial charge in [-0.05, 0) is 24.3 Å². The predicted octanol–water partition coefficient (Wildman–Crippen LogP) is 1.44. The lowest BCUT2D eigenvalue weighted by Crippen LogP contribution is -2.18. The number of hydrogen-bond acceptors (Lipinski definition) is 8. The van der Waals surface area contributed by atoms with E-state index in [9.17, 15) is 8.42 Å². The number of nitrogens with zero attached hydrogens (tertiary/aromatic N) is 3. The minimum atomic E-state index is -3.62. The number of anilines is 1. The molecule has 7 nitrogen and oxygen atoms in total. The Morgan fingerprint density at radius 3 is 2.73 bits per heavy atom. The molecular weight excluding hydrogens is 324 g/mol. The number of oxime groups is 1. The first kappa shape index (κ1) is 15.9. The standard InChI is InChI=1S/C13H12N4O3S2/c14-5-7-20-17-12(13-16-6-8-21-13)9-22(18,19)11-3-1-10(15)2-4-11/h1-4,6,8H,7,9,15H2/b17-12-. The largest absolute Gasteiger partial charge is 0.399 e. The molecule has 1 aromatic carbocycles. The molecule has 0 saturated carbocycles. The molecule has 0 atom stereocenters. The molecule has 2 rings (SSSR count). The fraction of sp³-hybridized carbons (Fsp3) is 0.154. The lowest BCUT2D eigenvalue weighted by Gasteiger charge is -2.06. The van der Waals surface area contributed by atoms with Crippen molar-refractivity contribution in [2.75, 3.05) is 18.1 Å². The monoisotopic (exact) mass is 336 g/mol. The third kappa shape index (κ3) is 4.03. The van der Waals surface area contributed by atoms with E-state index in [0.29, 0.717) is 10.7 Å². The molecule has 0 amide bonds. The van der Waals surface area contributed by atoms with E-state index in [1.54, 1.807) is 11.4 Å². The van der Waals surface area contributed by atoms with E-state index in [4.69, 9.17) is 15.8 Å². The number of hydrogen-bond donors (Lipinski definition) is 1. The molecule has 0 unspecified atom stereocenters. The van der Waals surface area contributed by atoms with Crippen molar-refractivity contribution < 1.29 is 13.3 Å². The lowest BCUT2D eigenvalue weighted by atomic mass is 10.3. The van der Waals surface area contributed by atoms with Gasteiger partial charge < -0.3 is 10.6 Å². The average Bonchev–Trinajstić information content (AvgIpc) is 3.01. The van der Waals surface area contributed by atoms with Crippen LogP contribution in [-0.4, -0.2) is 31.5 Å². The van der Waals surface area contributed by atoms with Crippen molar-refractivity contribution in [3.8, 4) is 6.07 Å². The van der Waals surface area contributed by atoms with E-state index in [0.717, 1.165) is 0 Å². The minimum absolute atomic E-state index is 0.131. The van der Waals surface area contributed by atoms with Crippen LogP contribution in [0.1, 0.15) is 5.01 Å². The number of sulfone groups is 1. The van der Waals surface area contributed by atoms with Gasteiger partial charge in [0.2, 0.25) is 6.61 Å². The molecule has 1 heterocycles. The normalized spacial score (nSPS) is 11.9. The minimum Gasteiger partial charge on any atom is -0.399 e. The van der Waals surface area contributed by atoms with Crippen molar-refractivity contribution in [2.24, 2.45) is 5.16 Å². The maximum atomic E-state index is 12.4. The molecular formula is C13H12N4O3S2. The second kappa shape index (κ2) is 7.02. The summed E-state index contributed by atoms with van der Waals surface area (Å²) < 4.78 is 24.8. The molecule has 22 heavy (non-hydrogen) atoms. The van der Waals surface area contributed by atoms with Gasteiger partial charge in [-0.15, -0.1) is 11.3 Å². The molecule has 0 bridgehead atoms. The Balaban J connectivity index is 2.28. The summed E-state index contributed by atoms with van der Waals surface area (Å²) in [6.07, 6.45) is 1.54. The molecule has 1 aromatic heterocycles. The van der Waals surface area contributed by atoms with Gasteiger partial charge in [0.15, 0.2) is 9.84 Å². The van der Waals surface area contributed by atoms with Crippen LogP contribution in [0, 0.1) is 11.3 Å². The molecule has 2 N–H and O–H groups in total. The van der Waals surface area contributed by atoms with Crippen molar-refractivity contribution in [1.82, 2.24) is 4.98 Å². The molecule has 0 aliphatic carbocycles. The van der Waals surface area contributed by atoms with Gasteiger partial charge >= 0.3 is 0 Å². The van der Waals surface area contributed by atoms with Crippen molar-refractivity contribution in [3.63, 3.8) is 0 Å². The number of benzene rings is 1. The highest BCUT2D eigenvalue weighted by Gasteiger charge is 2.21. The molecule has 2 aromatic rings. The highest BCUT2D eigenvalue weighted by Crippen LogP contribution is 2.16. The zero-order chi connectivity index (χ0) is 16.0. The van der Waals surface area contributed by atoms with Crippen LogP contribution in [0.4, 0.5) is 5.69 Å². The Labute approximate surface area is 131 Å². The molecule has 9 heteroatoms. The van der Waals surface area contributed by atoms with Crippen LogP contribution in [0.15, 0.2) is 45.9 Å². The summed E-state index contributed by atoms with van der Waals surface area (Å²) in [5.74, 6) is -0.379. The van der Waals surface area contributed by atoms with E-state index >= 15 is 0 Å². The number of nitrogens with two attached hydrogens (primary N) is 1. The van der Waals surface area contributed by atoms with Crippen molar-refractivity contribution in [2.45, 2.75) is 4.90 Å². The summed E-state index contributed by atoms with van der Waals surface area (Å²) in [6, 6.07) is 7.65. The lowest BCUT2D eigenvalue weighted by molar-refractivity contribution is 0.178. The van der Waals surface area contributed by atoms with Gasteiger partial charge in [0, 0.05) is 17.3 Å². The summed E-state index contributed by atoms with van der Waals surface area (Å²) in [4.78, 5) is 8.94. The van der Waals surface area contributed by atoms with Crippen LogP contribution in [0.3, 0.4) is 0 Å². The van der Waals surface area contributed by atoms with E-state index in [1.165, 1.54) is 41.8 Å². The van der Waals surface area contributed by atoms with Gasteiger partial charge in [-0.25, -0.2) is 13.4 Å². The Morgan fingerprint density at radius 1 is 1.41 bits per heavy atom. The number of rotatable bonds is 6. The summed E-state index contributed by atoms with van der Waals surface area (Å²) >= 11 is 1.24. The van der Waals surface area contributed by atoms with Gasteiger partial charge in [-0.3, -0.25) is 0 Å². The summed E-state index contributed by atoms with van der Waals surface area (Å²) in [7, 11) is -3.62. The van der Waals surface area contributed by atoms with E-state index in [2.05, 4.69) is 10.1 Å². The van der Waals surface area contributed by atoms with Crippen LogP contribution in [0.25, 0.3) is 0 Å². The van der Waals surface area contributed by atoms with Gasteiger partial charge in [0.25, 0.3) is 0 Å². The second-order valence-electron chi connectivity index (χ2n) is 4.13. The third-order valence-corrected chi connectivity index (χ3v) is 5.01. The molecule has 114 valence electrons. The Bertz CT molecular complexity index is 791. The fourth-order valence-corrected chi connectivity index (χ4v) is 3.55. The maximum absolute atomic E-state index is 12.4. The van der Waals surface area contributed by atoms with E-state index in [-0.39, 0.29) is 23.0 Å². The van der Waals surface area contributed by atoms with E-state index < -0.39 is 9.84 Å². The van der Waals surface area contributed by atoms with Gasteiger partial charge in [0.05, 0.1) is 4.90 Å². The smallest absolute Gasteiger partial charge is 0.202 e. The van der Waals surface area contributed by atoms with Crippen LogP contribution in [-0.2, 0) is 14.7 Å². The molecule has 0 aliphatic rings. The summed E-state index contributed by atoms with van der Waals surface area (Å²) in [5, 5.41) is 14.3. The van der Waals surface area contributed by atoms with Crippen molar-refractivity contribution >= 4 is 32.6 Å². The van der Waals surface area contributed by atoms with Gasteiger partial charge in [-0.2, -0.15) is 5.26 Å². The number of nitriles is 1. The first-order valence-corrected chi connectivity index (χ1v) is 8.60. The van der Waals surface area contributed by atoms with E-state index in [1.807, 2.05) is 0 Å². The SMILES string of the molecule is N#CCO/N=C(/CS(=O)(=O)c1ccc(N)cc1)c1nccs1. The Morgan fingerprint density at radius 2 is 2.14 bits per heavy atom. The molecule has 0 aliphatic heterocycles. The molecule has 0 radical (unpaired) electrons. The topological polar surface area (TPSA) is 118 Å². The third-order valence-electron chi connectivity index (χ3n) is 2.55. The Hall–Kier alpha value is -2.44. The van der Waals surface area contributed by atoms with Crippen LogP contribution in [0.2, 0.25) is 0 Å². The molecule has 0 saturated heterocycles. The van der Waals surface area contributed by atoms with Gasteiger partial charge in [0.1, 0.15) is 22.5 Å². The van der Waals surface area contributed by atoms with Crippen LogP contribution in [0.5, 0.6) is 0 Å². The van der Waals surface area contributed by atoms with Gasteiger partial charge in [-0.1, -0.05) is 5.16 Å². The molecule has 0 fully saturated rings. The average molecular weight is 336 g/mol. The van der Waals surface area contributed by atoms with Crippen molar-refractivity contribution in [3.05, 3.63) is 40.8 Å². The number of thiazole rings is 1. The van der Waals surface area contributed by atoms with Crippen LogP contribution < -0.4 is 5.73 Å². The first-order chi connectivity index (χ1) is 10.5. The quantitative estimate of drug-likeness (QED) is 0.369. The second-order valence-corrected chi connectivity index (χ2v) is 7.02. The zero-order valence-electron chi connectivity index (χ0n) is 11.3. The maximum Gasteiger partial charge on any atom is 0.202 e. The number of nitrogen functional groups attached to an aromatic ring is 1. The fourth-order valence-electron chi connectivity index (χ4n) is 1.57. The highest BCUT2D eigenvalue weighted by molar-refractivity contribution is 7.92. The zero-order valence-corrected chi connectivity index (χ0v) is 13.0. The van der Waals surface area contributed by atoms with Crippen molar-refractivity contribution in [1.29, 1.82) is 5.26 Å². The first-order valence-electron chi connectivity index (χ1n) is 6.07. The Kier molecular flexibility index (Phi) is 5.08. The number of aromatic nitrogens is 1. The predicted molar refractivity (Wildman–Crippen MR) is 83.1 cm³/mol. The summed E-state index contributed by atoms with van der Waals surface area (Å²) in [5.41, 5.74) is 6.18. The van der Waals surface area contributed by atoms with Crippen LogP contribution >= 0.6 is 11.3 Å². The molecule has 0 spiro atoms.